The van der Waals surface area contributed by atoms with Gasteiger partial charge in [-0.25, -0.2) is 0 Å². The molecule has 1 N–H and O–H groups in total. The fourth-order valence-corrected chi connectivity index (χ4v) is 4.03. The highest BCUT2D eigenvalue weighted by Crippen LogP contribution is 2.38. The van der Waals surface area contributed by atoms with Gasteiger partial charge in [0.15, 0.2) is 0 Å². The van der Waals surface area contributed by atoms with Gasteiger partial charge >= 0.3 is 0 Å². The number of hydrogen-bond acceptors (Lipinski definition) is 3. The summed E-state index contributed by atoms with van der Waals surface area (Å²) in [5, 5.41) is 11.0. The summed E-state index contributed by atoms with van der Waals surface area (Å²) in [7, 11) is 0. The van der Waals surface area contributed by atoms with Crippen molar-refractivity contribution in [1.29, 1.82) is 0 Å². The number of phenols is 1. The maximum atomic E-state index is 11.0. The van der Waals surface area contributed by atoms with Crippen LogP contribution in [0.5, 0.6) is 11.5 Å². The highest BCUT2D eigenvalue weighted by atomic mass is 35.5. The highest BCUT2D eigenvalue weighted by Gasteiger charge is 2.14. The SMILES string of the molecule is CCN(CC)CCCCOc1ccc(/C(=C/Cl)c2cccc(-c3ccccc3)c2O)cc1. The lowest BCUT2D eigenvalue weighted by atomic mass is 9.94. The summed E-state index contributed by atoms with van der Waals surface area (Å²) in [5.74, 6) is 1.06. The first-order chi connectivity index (χ1) is 15.7. The summed E-state index contributed by atoms with van der Waals surface area (Å²) in [6.45, 7) is 8.41. The number of rotatable bonds is 11. The molecule has 0 heterocycles. The second-order valence-electron chi connectivity index (χ2n) is 7.70. The predicted molar refractivity (Wildman–Crippen MR) is 135 cm³/mol. The minimum atomic E-state index is 0.221. The minimum absolute atomic E-state index is 0.221. The fraction of sp³-hybridized carbons (Fsp3) is 0.286. The standard InChI is InChI=1S/C28H32ClNO2/c1-3-30(4-2)19-8-9-20-32-24-17-15-23(16-18-24)27(21-29)26-14-10-13-25(28(26)31)22-11-6-5-7-12-22/h5-7,10-18,21,31H,3-4,8-9,19-20H2,1-2H3/b27-21-. The van der Waals surface area contributed by atoms with Crippen molar-refractivity contribution in [3.63, 3.8) is 0 Å². The van der Waals surface area contributed by atoms with Crippen LogP contribution in [-0.4, -0.2) is 36.2 Å². The van der Waals surface area contributed by atoms with E-state index in [0.29, 0.717) is 12.2 Å². The van der Waals surface area contributed by atoms with Gasteiger partial charge in [0, 0.05) is 22.2 Å². The van der Waals surface area contributed by atoms with E-state index >= 15 is 0 Å². The van der Waals surface area contributed by atoms with Gasteiger partial charge in [-0.1, -0.05) is 86.1 Å². The van der Waals surface area contributed by atoms with Gasteiger partial charge in [0.1, 0.15) is 11.5 Å². The number of unbranched alkanes of at least 4 members (excludes halogenated alkanes) is 1. The molecular formula is C28H32ClNO2. The summed E-state index contributed by atoms with van der Waals surface area (Å²) in [5.41, 5.74) is 5.66. The van der Waals surface area contributed by atoms with Crippen LogP contribution in [0.25, 0.3) is 16.7 Å². The van der Waals surface area contributed by atoms with Crippen LogP contribution >= 0.6 is 11.6 Å². The first-order valence-corrected chi connectivity index (χ1v) is 11.7. The van der Waals surface area contributed by atoms with E-state index < -0.39 is 0 Å². The molecule has 0 saturated carbocycles. The number of hydrogen-bond donors (Lipinski definition) is 1. The van der Waals surface area contributed by atoms with Crippen LogP contribution in [0, 0.1) is 0 Å². The molecule has 3 nitrogen and oxygen atoms in total. The molecule has 0 aliphatic heterocycles. The van der Waals surface area contributed by atoms with Crippen LogP contribution < -0.4 is 4.74 Å². The van der Waals surface area contributed by atoms with Crippen LogP contribution in [0.15, 0.2) is 78.3 Å². The molecule has 0 fully saturated rings. The lowest BCUT2D eigenvalue weighted by molar-refractivity contribution is 0.266. The van der Waals surface area contributed by atoms with Crippen molar-refractivity contribution in [1.82, 2.24) is 4.90 Å². The van der Waals surface area contributed by atoms with Crippen LogP contribution in [0.3, 0.4) is 0 Å². The summed E-state index contributed by atoms with van der Waals surface area (Å²) in [4.78, 5) is 2.43. The molecule has 4 heteroatoms. The second kappa shape index (κ2) is 12.3. The summed E-state index contributed by atoms with van der Waals surface area (Å²) in [6, 6.07) is 23.5. The fourth-order valence-electron chi connectivity index (χ4n) is 3.79. The van der Waals surface area contributed by atoms with Crippen molar-refractivity contribution >= 4 is 17.2 Å². The molecule has 0 aromatic heterocycles. The van der Waals surface area contributed by atoms with E-state index in [1.54, 1.807) is 0 Å². The normalized spacial score (nSPS) is 11.7. The Hall–Kier alpha value is -2.75. The van der Waals surface area contributed by atoms with Crippen LogP contribution in [0.4, 0.5) is 0 Å². The predicted octanol–water partition coefficient (Wildman–Crippen LogP) is 7.19. The average Bonchev–Trinajstić information content (AvgIpc) is 2.84. The van der Waals surface area contributed by atoms with E-state index in [1.807, 2.05) is 72.8 Å². The van der Waals surface area contributed by atoms with Crippen molar-refractivity contribution in [2.45, 2.75) is 26.7 Å². The molecule has 0 amide bonds. The highest BCUT2D eigenvalue weighted by molar-refractivity contribution is 6.29. The second-order valence-corrected chi connectivity index (χ2v) is 7.92. The van der Waals surface area contributed by atoms with Gasteiger partial charge < -0.3 is 14.7 Å². The molecule has 0 bridgehead atoms. The quantitative estimate of drug-likeness (QED) is 0.314. The molecule has 0 aliphatic rings. The number of ether oxygens (including phenoxy) is 1. The minimum Gasteiger partial charge on any atom is -0.507 e. The van der Waals surface area contributed by atoms with Crippen molar-refractivity contribution in [3.8, 4) is 22.6 Å². The molecule has 0 aliphatic carbocycles. The van der Waals surface area contributed by atoms with E-state index in [9.17, 15) is 5.11 Å². The third kappa shape index (κ3) is 6.15. The summed E-state index contributed by atoms with van der Waals surface area (Å²) < 4.78 is 5.91. The van der Waals surface area contributed by atoms with Crippen molar-refractivity contribution in [2.75, 3.05) is 26.2 Å². The first-order valence-electron chi connectivity index (χ1n) is 11.3. The van der Waals surface area contributed by atoms with Gasteiger partial charge in [0.25, 0.3) is 0 Å². The molecule has 0 unspecified atom stereocenters. The summed E-state index contributed by atoms with van der Waals surface area (Å²) >= 11 is 6.21. The molecule has 168 valence electrons. The molecule has 0 spiro atoms. The average molecular weight is 450 g/mol. The molecule has 0 atom stereocenters. The number of phenolic OH excluding ortho intramolecular Hbond substituents is 1. The van der Waals surface area contributed by atoms with E-state index in [0.717, 1.165) is 60.5 Å². The molecule has 0 saturated heterocycles. The number of aromatic hydroxyl groups is 1. The van der Waals surface area contributed by atoms with Gasteiger partial charge in [-0.2, -0.15) is 0 Å². The van der Waals surface area contributed by atoms with E-state index in [1.165, 1.54) is 5.54 Å². The smallest absolute Gasteiger partial charge is 0.131 e. The van der Waals surface area contributed by atoms with E-state index in [2.05, 4.69) is 18.7 Å². The van der Waals surface area contributed by atoms with Gasteiger partial charge in [0.2, 0.25) is 0 Å². The Morgan fingerprint density at radius 2 is 1.62 bits per heavy atom. The zero-order valence-corrected chi connectivity index (χ0v) is 19.7. The lowest BCUT2D eigenvalue weighted by Gasteiger charge is -2.17. The maximum absolute atomic E-state index is 11.0. The molecule has 32 heavy (non-hydrogen) atoms. The lowest BCUT2D eigenvalue weighted by Crippen LogP contribution is -2.24. The maximum Gasteiger partial charge on any atom is 0.131 e. The van der Waals surface area contributed by atoms with Crippen molar-refractivity contribution < 1.29 is 9.84 Å². The first kappa shape index (κ1) is 23.9. The summed E-state index contributed by atoms with van der Waals surface area (Å²) in [6.07, 6.45) is 2.17. The van der Waals surface area contributed by atoms with Crippen LogP contribution in [-0.2, 0) is 0 Å². The zero-order chi connectivity index (χ0) is 22.8. The molecule has 3 aromatic rings. The molecule has 0 radical (unpaired) electrons. The topological polar surface area (TPSA) is 32.7 Å². The van der Waals surface area contributed by atoms with Gasteiger partial charge in [-0.05, 0) is 55.7 Å². The number of halogens is 1. The Labute approximate surface area is 196 Å². The van der Waals surface area contributed by atoms with E-state index in [4.69, 9.17) is 16.3 Å². The number of para-hydroxylation sites is 1. The van der Waals surface area contributed by atoms with Crippen molar-refractivity contribution in [2.24, 2.45) is 0 Å². The van der Waals surface area contributed by atoms with E-state index in [-0.39, 0.29) is 5.75 Å². The monoisotopic (exact) mass is 449 g/mol. The Morgan fingerprint density at radius 3 is 2.28 bits per heavy atom. The Balaban J connectivity index is 1.66. The molecule has 3 rings (SSSR count). The number of benzene rings is 3. The molecular weight excluding hydrogens is 418 g/mol. The van der Waals surface area contributed by atoms with Gasteiger partial charge in [-0.15, -0.1) is 0 Å². The van der Waals surface area contributed by atoms with Gasteiger partial charge in [0.05, 0.1) is 6.61 Å². The Kier molecular flexibility index (Phi) is 9.21. The molecule has 3 aromatic carbocycles. The largest absolute Gasteiger partial charge is 0.507 e. The third-order valence-electron chi connectivity index (χ3n) is 5.72. The van der Waals surface area contributed by atoms with Gasteiger partial charge in [-0.3, -0.25) is 0 Å². The number of nitrogens with zero attached hydrogens (tertiary/aromatic N) is 1. The zero-order valence-electron chi connectivity index (χ0n) is 18.9. The van der Waals surface area contributed by atoms with Crippen LogP contribution in [0.1, 0.15) is 37.8 Å². The van der Waals surface area contributed by atoms with Crippen LogP contribution in [0.2, 0.25) is 0 Å². The van der Waals surface area contributed by atoms with Crippen molar-refractivity contribution in [3.05, 3.63) is 89.5 Å². The Morgan fingerprint density at radius 1 is 0.906 bits per heavy atom. The third-order valence-corrected chi connectivity index (χ3v) is 5.94. The Bertz CT molecular complexity index is 996.